The second-order valence-electron chi connectivity index (χ2n) is 5.54. The van der Waals surface area contributed by atoms with Crippen LogP contribution in [0, 0.1) is 12.7 Å². The summed E-state index contributed by atoms with van der Waals surface area (Å²) in [4.78, 5) is 28.2. The molecule has 0 radical (unpaired) electrons. The largest absolute Gasteiger partial charge is 0.477 e. The summed E-state index contributed by atoms with van der Waals surface area (Å²) in [6, 6.07) is 5.48. The number of aromatic carboxylic acids is 1. The van der Waals surface area contributed by atoms with E-state index >= 15 is 0 Å². The third-order valence-electron chi connectivity index (χ3n) is 3.75. The Bertz CT molecular complexity index is 996. The van der Waals surface area contributed by atoms with E-state index < -0.39 is 17.7 Å². The topological polar surface area (TPSA) is 110 Å². The van der Waals surface area contributed by atoms with E-state index in [-0.39, 0.29) is 23.5 Å². The van der Waals surface area contributed by atoms with Crippen molar-refractivity contribution in [3.63, 3.8) is 0 Å². The molecule has 134 valence electrons. The predicted molar refractivity (Wildman–Crippen MR) is 95.1 cm³/mol. The molecule has 0 unspecified atom stereocenters. The van der Waals surface area contributed by atoms with E-state index in [1.54, 1.807) is 19.2 Å². The second-order valence-corrected chi connectivity index (χ2v) is 6.68. The van der Waals surface area contributed by atoms with Gasteiger partial charge in [-0.2, -0.15) is 0 Å². The van der Waals surface area contributed by atoms with Crippen molar-refractivity contribution in [2.75, 3.05) is 5.73 Å². The van der Waals surface area contributed by atoms with E-state index in [1.165, 1.54) is 34.2 Å². The Balaban J connectivity index is 1.81. The summed E-state index contributed by atoms with van der Waals surface area (Å²) < 4.78 is 15.7. The minimum atomic E-state index is -1.16. The quantitative estimate of drug-likeness (QED) is 0.636. The van der Waals surface area contributed by atoms with Gasteiger partial charge in [-0.3, -0.25) is 4.79 Å². The van der Waals surface area contributed by atoms with Gasteiger partial charge in [0.25, 0.3) is 5.91 Å². The van der Waals surface area contributed by atoms with Gasteiger partial charge in [0.2, 0.25) is 0 Å². The fraction of sp³-hybridized carbons (Fsp3) is 0.118. The first-order chi connectivity index (χ1) is 12.4. The van der Waals surface area contributed by atoms with Crippen LogP contribution >= 0.6 is 11.3 Å². The first kappa shape index (κ1) is 17.6. The zero-order valence-electron chi connectivity index (χ0n) is 13.7. The minimum absolute atomic E-state index is 0.0242. The first-order valence-corrected chi connectivity index (χ1v) is 8.38. The van der Waals surface area contributed by atoms with Crippen LogP contribution < -0.4 is 11.1 Å². The number of aromatic nitrogens is 2. The minimum Gasteiger partial charge on any atom is -0.477 e. The van der Waals surface area contributed by atoms with Crippen LogP contribution in [0.5, 0.6) is 0 Å². The average molecular weight is 374 g/mol. The third kappa shape index (κ3) is 3.42. The lowest BCUT2D eigenvalue weighted by molar-refractivity contribution is 0.0687. The van der Waals surface area contributed by atoms with Gasteiger partial charge in [0.15, 0.2) is 5.13 Å². The molecule has 3 aromatic rings. The van der Waals surface area contributed by atoms with E-state index in [2.05, 4.69) is 10.3 Å². The van der Waals surface area contributed by atoms with Crippen molar-refractivity contribution < 1.29 is 19.1 Å². The molecule has 0 aliphatic carbocycles. The van der Waals surface area contributed by atoms with Gasteiger partial charge in [0.1, 0.15) is 11.5 Å². The Morgan fingerprint density at radius 2 is 2.15 bits per heavy atom. The maximum Gasteiger partial charge on any atom is 0.353 e. The molecule has 2 heterocycles. The van der Waals surface area contributed by atoms with Gasteiger partial charge in [-0.05, 0) is 36.8 Å². The number of anilines is 1. The number of carboxylic acids is 1. The molecule has 0 aliphatic rings. The third-order valence-corrected chi connectivity index (χ3v) is 4.58. The molecule has 3 rings (SSSR count). The second kappa shape index (κ2) is 6.96. The van der Waals surface area contributed by atoms with Crippen molar-refractivity contribution in [3.8, 4) is 5.69 Å². The molecule has 0 aliphatic heterocycles. The van der Waals surface area contributed by atoms with Crippen LogP contribution in [-0.4, -0.2) is 26.5 Å². The molecule has 9 heteroatoms. The molecule has 2 aromatic heterocycles. The summed E-state index contributed by atoms with van der Waals surface area (Å²) in [6.07, 6.45) is 3.04. The van der Waals surface area contributed by atoms with Crippen LogP contribution in [0.3, 0.4) is 0 Å². The molecule has 0 fully saturated rings. The Morgan fingerprint density at radius 3 is 2.77 bits per heavy atom. The number of benzene rings is 1. The van der Waals surface area contributed by atoms with Crippen molar-refractivity contribution in [1.29, 1.82) is 0 Å². The number of thiazole rings is 1. The van der Waals surface area contributed by atoms with Crippen molar-refractivity contribution in [3.05, 3.63) is 64.2 Å². The summed E-state index contributed by atoms with van der Waals surface area (Å²) >= 11 is 1.25. The number of nitrogens with zero attached hydrogens (tertiary/aromatic N) is 2. The Hall–Kier alpha value is -3.20. The molecule has 1 aromatic carbocycles. The first-order valence-electron chi connectivity index (χ1n) is 7.56. The van der Waals surface area contributed by atoms with E-state index in [4.69, 9.17) is 5.73 Å². The lowest BCUT2D eigenvalue weighted by Gasteiger charge is -2.10. The number of amides is 1. The van der Waals surface area contributed by atoms with E-state index in [0.717, 1.165) is 10.9 Å². The number of nitrogen functional groups attached to an aromatic ring is 1. The maximum atomic E-state index is 14.5. The molecular formula is C17H15FN4O3S. The zero-order valence-corrected chi connectivity index (χ0v) is 14.5. The fourth-order valence-electron chi connectivity index (χ4n) is 2.52. The summed E-state index contributed by atoms with van der Waals surface area (Å²) in [5.74, 6) is -2.31. The highest BCUT2D eigenvalue weighted by Gasteiger charge is 2.18. The summed E-state index contributed by atoms with van der Waals surface area (Å²) in [5, 5.41) is 12.4. The van der Waals surface area contributed by atoms with Crippen LogP contribution in [0.25, 0.3) is 5.69 Å². The number of hydrogen-bond donors (Lipinski definition) is 3. The van der Waals surface area contributed by atoms with Gasteiger partial charge >= 0.3 is 5.97 Å². The fourth-order valence-corrected chi connectivity index (χ4v) is 3.14. The predicted octanol–water partition coefficient (Wildman–Crippen LogP) is 2.59. The lowest BCUT2D eigenvalue weighted by atomic mass is 10.1. The number of nitrogens with one attached hydrogen (secondary N) is 1. The van der Waals surface area contributed by atoms with Gasteiger partial charge in [-0.15, -0.1) is 11.3 Å². The van der Waals surface area contributed by atoms with Gasteiger partial charge < -0.3 is 20.7 Å². The van der Waals surface area contributed by atoms with Crippen molar-refractivity contribution >= 4 is 28.3 Å². The van der Waals surface area contributed by atoms with Gasteiger partial charge in [-0.1, -0.05) is 0 Å². The van der Waals surface area contributed by atoms with Gasteiger partial charge in [0, 0.05) is 22.8 Å². The maximum absolute atomic E-state index is 14.5. The van der Waals surface area contributed by atoms with Crippen LogP contribution in [0.2, 0.25) is 0 Å². The van der Waals surface area contributed by atoms with E-state index in [0.29, 0.717) is 10.7 Å². The van der Waals surface area contributed by atoms with E-state index in [1.807, 2.05) is 0 Å². The molecule has 4 N–H and O–H groups in total. The van der Waals surface area contributed by atoms with Gasteiger partial charge in [-0.25, -0.2) is 14.2 Å². The Labute approximate surface area is 151 Å². The molecular weight excluding hydrogens is 359 g/mol. The number of rotatable bonds is 5. The molecule has 0 saturated carbocycles. The number of nitrogens with two attached hydrogens (primary N) is 1. The van der Waals surface area contributed by atoms with Crippen molar-refractivity contribution in [1.82, 2.24) is 14.9 Å². The highest BCUT2D eigenvalue weighted by Crippen LogP contribution is 2.21. The number of carbonyl (C=O) groups excluding carboxylic acids is 1. The molecule has 7 nitrogen and oxygen atoms in total. The van der Waals surface area contributed by atoms with Crippen molar-refractivity contribution in [2.45, 2.75) is 13.5 Å². The highest BCUT2D eigenvalue weighted by molar-refractivity contribution is 7.15. The standard InChI is InChI=1S/C17H15FN4O3S/c1-9-4-5-22(14(9)16(24)25)13-3-2-10(6-12(13)18)15(23)20-7-11-8-21-17(19)26-11/h2-6,8H,7H2,1H3,(H2,19,21)(H,20,23)(H,24,25). The SMILES string of the molecule is Cc1ccn(-c2ccc(C(=O)NCc3cnc(N)s3)cc2F)c1C(=O)O. The molecule has 0 bridgehead atoms. The molecule has 0 saturated heterocycles. The number of carbonyl (C=O) groups is 2. The summed E-state index contributed by atoms with van der Waals surface area (Å²) in [6.45, 7) is 1.86. The average Bonchev–Trinajstić information content (AvgIpc) is 3.18. The Kier molecular flexibility index (Phi) is 4.72. The summed E-state index contributed by atoms with van der Waals surface area (Å²) in [5.41, 5.74) is 6.20. The molecule has 26 heavy (non-hydrogen) atoms. The molecule has 0 spiro atoms. The van der Waals surface area contributed by atoms with E-state index in [9.17, 15) is 19.1 Å². The smallest absolute Gasteiger partial charge is 0.353 e. The van der Waals surface area contributed by atoms with Crippen LogP contribution in [0.15, 0.2) is 36.7 Å². The van der Waals surface area contributed by atoms with Gasteiger partial charge in [0.05, 0.1) is 12.2 Å². The highest BCUT2D eigenvalue weighted by atomic mass is 32.1. The lowest BCUT2D eigenvalue weighted by Crippen LogP contribution is -2.22. The zero-order chi connectivity index (χ0) is 18.8. The van der Waals surface area contributed by atoms with Crippen LogP contribution in [0.4, 0.5) is 9.52 Å². The van der Waals surface area contributed by atoms with Crippen LogP contribution in [-0.2, 0) is 6.54 Å². The normalized spacial score (nSPS) is 10.7. The molecule has 1 amide bonds. The Morgan fingerprint density at radius 1 is 1.38 bits per heavy atom. The van der Waals surface area contributed by atoms with Crippen LogP contribution in [0.1, 0.15) is 31.3 Å². The molecule has 0 atom stereocenters. The number of halogens is 1. The monoisotopic (exact) mass is 374 g/mol. The number of hydrogen-bond acceptors (Lipinski definition) is 5. The van der Waals surface area contributed by atoms with Crippen molar-refractivity contribution in [2.24, 2.45) is 0 Å². The summed E-state index contributed by atoms with van der Waals surface area (Å²) in [7, 11) is 0. The number of carboxylic acid groups (broad SMARTS) is 1. The number of aryl methyl sites for hydroxylation is 1.